The number of amides is 1. The van der Waals surface area contributed by atoms with Crippen molar-refractivity contribution in [2.75, 3.05) is 26.6 Å². The molecule has 0 atom stereocenters. The largest absolute Gasteiger partial charge is 0.497 e. The van der Waals surface area contributed by atoms with Gasteiger partial charge < -0.3 is 24.5 Å². The van der Waals surface area contributed by atoms with Gasteiger partial charge in [-0.05, 0) is 35.9 Å². The van der Waals surface area contributed by atoms with Crippen LogP contribution in [0.1, 0.15) is 5.56 Å². The van der Waals surface area contributed by atoms with Crippen molar-refractivity contribution in [2.24, 2.45) is 0 Å². The molecule has 0 saturated carbocycles. The number of anilines is 1. The Morgan fingerprint density at radius 2 is 1.72 bits per heavy atom. The van der Waals surface area contributed by atoms with Crippen molar-refractivity contribution >= 4 is 22.5 Å². The normalized spacial score (nSPS) is 10.5. The first kappa shape index (κ1) is 16.7. The summed E-state index contributed by atoms with van der Waals surface area (Å²) in [6, 6.07) is 11.0. The number of benzene rings is 2. The molecule has 0 radical (unpaired) electrons. The lowest BCUT2D eigenvalue weighted by Gasteiger charge is -2.11. The van der Waals surface area contributed by atoms with E-state index in [0.29, 0.717) is 17.2 Å². The Morgan fingerprint density at radius 1 is 1.00 bits per heavy atom. The third-order valence-corrected chi connectivity index (χ3v) is 4.01. The van der Waals surface area contributed by atoms with Crippen molar-refractivity contribution in [3.63, 3.8) is 0 Å². The van der Waals surface area contributed by atoms with Gasteiger partial charge in [-0.15, -0.1) is 0 Å². The highest BCUT2D eigenvalue weighted by molar-refractivity contribution is 5.97. The molecule has 0 aliphatic rings. The number of H-pyrrole nitrogens is 1. The summed E-state index contributed by atoms with van der Waals surface area (Å²) in [5.41, 5.74) is 2.47. The van der Waals surface area contributed by atoms with E-state index >= 15 is 0 Å². The standard InChI is InChI=1S/C19H20N2O4/c1-23-13-4-6-16-15(9-13)12(11-20-16)8-19(22)21-17-7-5-14(24-2)10-18(17)25-3/h4-7,9-11,20H,8H2,1-3H3,(H,21,22). The number of ether oxygens (including phenoxy) is 3. The number of hydrogen-bond donors (Lipinski definition) is 2. The Bertz CT molecular complexity index is 902. The molecule has 130 valence electrons. The van der Waals surface area contributed by atoms with E-state index in [1.807, 2.05) is 24.4 Å². The molecular formula is C19H20N2O4. The minimum Gasteiger partial charge on any atom is -0.497 e. The van der Waals surface area contributed by atoms with Crippen LogP contribution in [0.4, 0.5) is 5.69 Å². The molecule has 25 heavy (non-hydrogen) atoms. The maximum Gasteiger partial charge on any atom is 0.228 e. The molecule has 0 fully saturated rings. The number of rotatable bonds is 6. The van der Waals surface area contributed by atoms with Gasteiger partial charge in [0.15, 0.2) is 0 Å². The fourth-order valence-electron chi connectivity index (χ4n) is 2.70. The SMILES string of the molecule is COc1ccc(NC(=O)Cc2c[nH]c3ccc(OC)cc23)c(OC)c1. The molecule has 0 unspecified atom stereocenters. The Kier molecular flexibility index (Phi) is 4.79. The van der Waals surface area contributed by atoms with Crippen molar-refractivity contribution in [1.29, 1.82) is 0 Å². The average molecular weight is 340 g/mol. The summed E-state index contributed by atoms with van der Waals surface area (Å²) in [4.78, 5) is 15.6. The van der Waals surface area contributed by atoms with Crippen LogP contribution in [0.15, 0.2) is 42.6 Å². The fraction of sp³-hybridized carbons (Fsp3) is 0.211. The lowest BCUT2D eigenvalue weighted by atomic mass is 10.1. The summed E-state index contributed by atoms with van der Waals surface area (Å²) < 4.78 is 15.7. The number of hydrogen-bond acceptors (Lipinski definition) is 4. The zero-order valence-electron chi connectivity index (χ0n) is 14.4. The molecule has 1 heterocycles. The van der Waals surface area contributed by atoms with E-state index in [9.17, 15) is 4.79 Å². The Labute approximate surface area is 145 Å². The summed E-state index contributed by atoms with van der Waals surface area (Å²) in [7, 11) is 4.75. The fourth-order valence-corrected chi connectivity index (χ4v) is 2.70. The molecule has 3 aromatic rings. The van der Waals surface area contributed by atoms with E-state index in [4.69, 9.17) is 14.2 Å². The highest BCUT2D eigenvalue weighted by atomic mass is 16.5. The van der Waals surface area contributed by atoms with E-state index in [0.717, 1.165) is 22.2 Å². The van der Waals surface area contributed by atoms with Crippen LogP contribution < -0.4 is 19.5 Å². The second-order valence-electron chi connectivity index (χ2n) is 5.52. The number of carbonyl (C=O) groups is 1. The third-order valence-electron chi connectivity index (χ3n) is 4.01. The number of fused-ring (bicyclic) bond motifs is 1. The summed E-state index contributed by atoms with van der Waals surface area (Å²) in [5, 5.41) is 3.85. The Hall–Kier alpha value is -3.15. The van der Waals surface area contributed by atoms with E-state index in [-0.39, 0.29) is 12.3 Å². The van der Waals surface area contributed by atoms with Gasteiger partial charge in [0.1, 0.15) is 17.2 Å². The van der Waals surface area contributed by atoms with Gasteiger partial charge in [-0.3, -0.25) is 4.79 Å². The third kappa shape index (κ3) is 3.52. The van der Waals surface area contributed by atoms with Crippen LogP contribution in [-0.2, 0) is 11.2 Å². The molecule has 0 bridgehead atoms. The highest BCUT2D eigenvalue weighted by Gasteiger charge is 2.12. The predicted molar refractivity (Wildman–Crippen MR) is 96.7 cm³/mol. The van der Waals surface area contributed by atoms with E-state index < -0.39 is 0 Å². The molecule has 0 spiro atoms. The molecule has 2 aromatic carbocycles. The zero-order chi connectivity index (χ0) is 17.8. The summed E-state index contributed by atoms with van der Waals surface area (Å²) in [5.74, 6) is 1.84. The van der Waals surface area contributed by atoms with Gasteiger partial charge in [-0.1, -0.05) is 0 Å². The minimum atomic E-state index is -0.132. The number of aromatic amines is 1. The molecule has 0 aliphatic heterocycles. The van der Waals surface area contributed by atoms with Gasteiger partial charge in [0, 0.05) is 23.2 Å². The highest BCUT2D eigenvalue weighted by Crippen LogP contribution is 2.29. The predicted octanol–water partition coefficient (Wildman–Crippen LogP) is 3.37. The summed E-state index contributed by atoms with van der Waals surface area (Å²) in [6.07, 6.45) is 2.08. The molecule has 3 rings (SSSR count). The van der Waals surface area contributed by atoms with E-state index in [2.05, 4.69) is 10.3 Å². The average Bonchev–Trinajstić information content (AvgIpc) is 3.03. The van der Waals surface area contributed by atoms with Crippen LogP contribution >= 0.6 is 0 Å². The number of carbonyl (C=O) groups excluding carboxylic acids is 1. The van der Waals surface area contributed by atoms with Gasteiger partial charge in [0.25, 0.3) is 0 Å². The van der Waals surface area contributed by atoms with Crippen LogP contribution in [0.2, 0.25) is 0 Å². The number of aromatic nitrogens is 1. The second kappa shape index (κ2) is 7.17. The maximum atomic E-state index is 12.5. The zero-order valence-corrected chi connectivity index (χ0v) is 14.4. The van der Waals surface area contributed by atoms with Crippen LogP contribution in [0.25, 0.3) is 10.9 Å². The first-order chi connectivity index (χ1) is 12.1. The Balaban J connectivity index is 1.79. The second-order valence-corrected chi connectivity index (χ2v) is 5.52. The smallest absolute Gasteiger partial charge is 0.228 e. The van der Waals surface area contributed by atoms with Gasteiger partial charge in [0.05, 0.1) is 33.4 Å². The lowest BCUT2D eigenvalue weighted by molar-refractivity contribution is -0.115. The summed E-state index contributed by atoms with van der Waals surface area (Å²) >= 11 is 0. The van der Waals surface area contributed by atoms with Crippen molar-refractivity contribution in [3.05, 3.63) is 48.2 Å². The molecule has 1 amide bonds. The molecule has 2 N–H and O–H groups in total. The van der Waals surface area contributed by atoms with Gasteiger partial charge in [0.2, 0.25) is 5.91 Å². The monoisotopic (exact) mass is 340 g/mol. The van der Waals surface area contributed by atoms with E-state index in [1.165, 1.54) is 0 Å². The topological polar surface area (TPSA) is 72.6 Å². The van der Waals surface area contributed by atoms with Crippen LogP contribution in [0.5, 0.6) is 17.2 Å². The molecule has 1 aromatic heterocycles. The minimum absolute atomic E-state index is 0.132. The van der Waals surface area contributed by atoms with Crippen molar-refractivity contribution < 1.29 is 19.0 Å². The first-order valence-electron chi connectivity index (χ1n) is 7.80. The number of nitrogens with one attached hydrogen (secondary N) is 2. The van der Waals surface area contributed by atoms with Crippen LogP contribution in [0.3, 0.4) is 0 Å². The van der Waals surface area contributed by atoms with Crippen LogP contribution in [0, 0.1) is 0 Å². The van der Waals surface area contributed by atoms with Gasteiger partial charge in [-0.2, -0.15) is 0 Å². The Morgan fingerprint density at radius 3 is 2.44 bits per heavy atom. The van der Waals surface area contributed by atoms with Gasteiger partial charge in [-0.25, -0.2) is 0 Å². The molecular weight excluding hydrogens is 320 g/mol. The van der Waals surface area contributed by atoms with Crippen molar-refractivity contribution in [1.82, 2.24) is 4.98 Å². The molecule has 6 heteroatoms. The molecule has 0 saturated heterocycles. The number of methoxy groups -OCH3 is 3. The first-order valence-corrected chi connectivity index (χ1v) is 7.80. The van der Waals surface area contributed by atoms with Crippen molar-refractivity contribution in [3.8, 4) is 17.2 Å². The molecule has 0 aliphatic carbocycles. The summed E-state index contributed by atoms with van der Waals surface area (Å²) in [6.45, 7) is 0. The molecule has 6 nitrogen and oxygen atoms in total. The van der Waals surface area contributed by atoms with Crippen LogP contribution in [-0.4, -0.2) is 32.2 Å². The van der Waals surface area contributed by atoms with Gasteiger partial charge >= 0.3 is 0 Å². The maximum absolute atomic E-state index is 12.5. The lowest BCUT2D eigenvalue weighted by Crippen LogP contribution is -2.14. The van der Waals surface area contributed by atoms with E-state index in [1.54, 1.807) is 39.5 Å². The quantitative estimate of drug-likeness (QED) is 0.721. The van der Waals surface area contributed by atoms with Crippen molar-refractivity contribution in [2.45, 2.75) is 6.42 Å².